The minimum atomic E-state index is 0.118. The molecule has 0 saturated heterocycles. The van der Waals surface area contributed by atoms with Crippen molar-refractivity contribution in [2.45, 2.75) is 37.7 Å². The molecule has 2 rings (SSSR count). The molecule has 1 nitrogen and oxygen atoms in total. The number of aromatic hydroxyl groups is 1. The molecule has 20 heavy (non-hydrogen) atoms. The first kappa shape index (κ1) is 15.0. The lowest BCUT2D eigenvalue weighted by molar-refractivity contribution is 0.469. The maximum absolute atomic E-state index is 9.98. The van der Waals surface area contributed by atoms with E-state index in [0.29, 0.717) is 5.75 Å². The van der Waals surface area contributed by atoms with Gasteiger partial charge in [-0.05, 0) is 22.6 Å². The Bertz CT molecular complexity index is 555. The lowest BCUT2D eigenvalue weighted by Crippen LogP contribution is -2.11. The Balaban J connectivity index is 2.02. The van der Waals surface area contributed by atoms with Crippen LogP contribution in [0.15, 0.2) is 48.5 Å². The lowest BCUT2D eigenvalue weighted by atomic mass is 9.86. The van der Waals surface area contributed by atoms with Crippen LogP contribution in [0.4, 0.5) is 0 Å². The van der Waals surface area contributed by atoms with Gasteiger partial charge in [0.25, 0.3) is 0 Å². The third kappa shape index (κ3) is 4.04. The third-order valence-electron chi connectivity index (χ3n) is 3.31. The summed E-state index contributed by atoms with van der Waals surface area (Å²) in [5.41, 5.74) is 3.74. The number of rotatable bonds is 4. The summed E-state index contributed by atoms with van der Waals surface area (Å²) in [7, 11) is 0. The Morgan fingerprint density at radius 1 is 0.950 bits per heavy atom. The molecule has 0 unspecified atom stereocenters. The topological polar surface area (TPSA) is 20.2 Å². The van der Waals surface area contributed by atoms with Crippen molar-refractivity contribution in [3.05, 3.63) is 65.2 Å². The first-order valence-corrected chi connectivity index (χ1v) is 8.06. The van der Waals surface area contributed by atoms with Crippen molar-refractivity contribution in [3.8, 4) is 5.75 Å². The Kier molecular flexibility index (Phi) is 4.77. The molecular formula is C18H22OS. The van der Waals surface area contributed by atoms with Crippen molar-refractivity contribution in [1.82, 2.24) is 0 Å². The van der Waals surface area contributed by atoms with Gasteiger partial charge in [-0.2, -0.15) is 11.8 Å². The minimum absolute atomic E-state index is 0.118. The largest absolute Gasteiger partial charge is 0.508 e. The van der Waals surface area contributed by atoms with Gasteiger partial charge in [-0.1, -0.05) is 63.2 Å². The van der Waals surface area contributed by atoms with Gasteiger partial charge in [-0.25, -0.2) is 0 Å². The molecule has 0 spiro atoms. The van der Waals surface area contributed by atoms with E-state index in [1.54, 1.807) is 0 Å². The average molecular weight is 286 g/mol. The Hall–Kier alpha value is -1.41. The summed E-state index contributed by atoms with van der Waals surface area (Å²) in [4.78, 5) is 0. The maximum atomic E-state index is 9.98. The van der Waals surface area contributed by atoms with Gasteiger partial charge in [0.1, 0.15) is 5.75 Å². The summed E-state index contributed by atoms with van der Waals surface area (Å²) in [5, 5.41) is 9.98. The number of phenolic OH excluding ortho intramolecular Hbond substituents is 1. The zero-order chi connectivity index (χ0) is 14.6. The summed E-state index contributed by atoms with van der Waals surface area (Å²) in [6, 6.07) is 16.4. The molecular weight excluding hydrogens is 264 g/mol. The number of thioether (sulfide) groups is 1. The quantitative estimate of drug-likeness (QED) is 0.841. The van der Waals surface area contributed by atoms with E-state index >= 15 is 0 Å². The van der Waals surface area contributed by atoms with Crippen LogP contribution >= 0.6 is 11.8 Å². The van der Waals surface area contributed by atoms with Gasteiger partial charge < -0.3 is 5.11 Å². The Morgan fingerprint density at radius 2 is 1.65 bits per heavy atom. The minimum Gasteiger partial charge on any atom is -0.508 e. The first-order chi connectivity index (χ1) is 9.47. The van der Waals surface area contributed by atoms with E-state index in [1.165, 1.54) is 11.1 Å². The van der Waals surface area contributed by atoms with Crippen molar-refractivity contribution in [2.24, 2.45) is 0 Å². The molecule has 0 aliphatic heterocycles. The van der Waals surface area contributed by atoms with Crippen molar-refractivity contribution in [1.29, 1.82) is 0 Å². The highest BCUT2D eigenvalue weighted by molar-refractivity contribution is 7.97. The molecule has 106 valence electrons. The van der Waals surface area contributed by atoms with E-state index in [9.17, 15) is 5.11 Å². The summed E-state index contributed by atoms with van der Waals surface area (Å²) in [6.45, 7) is 6.58. The van der Waals surface area contributed by atoms with E-state index in [2.05, 4.69) is 51.1 Å². The summed E-state index contributed by atoms with van der Waals surface area (Å²) in [5.74, 6) is 2.21. The Morgan fingerprint density at radius 3 is 2.30 bits per heavy atom. The van der Waals surface area contributed by atoms with E-state index in [-0.39, 0.29) is 5.41 Å². The van der Waals surface area contributed by atoms with Gasteiger partial charge in [0.05, 0.1) is 0 Å². The van der Waals surface area contributed by atoms with Gasteiger partial charge in [-0.15, -0.1) is 0 Å². The van der Waals surface area contributed by atoms with Crippen LogP contribution in [0.2, 0.25) is 0 Å². The molecule has 1 N–H and O–H groups in total. The molecule has 2 heteroatoms. The molecule has 2 aromatic rings. The number of phenols is 1. The van der Waals surface area contributed by atoms with Crippen molar-refractivity contribution < 1.29 is 5.11 Å². The number of hydrogen-bond acceptors (Lipinski definition) is 2. The van der Waals surface area contributed by atoms with Crippen LogP contribution in [0.5, 0.6) is 5.75 Å². The highest BCUT2D eigenvalue weighted by atomic mass is 32.2. The van der Waals surface area contributed by atoms with Crippen LogP contribution in [-0.2, 0) is 16.9 Å². The Labute approximate surface area is 126 Å². The van der Waals surface area contributed by atoms with Gasteiger partial charge in [0.15, 0.2) is 0 Å². The van der Waals surface area contributed by atoms with Crippen molar-refractivity contribution in [3.63, 3.8) is 0 Å². The second-order valence-electron chi connectivity index (χ2n) is 6.07. The highest BCUT2D eigenvalue weighted by Gasteiger charge is 2.15. The predicted molar refractivity (Wildman–Crippen MR) is 88.2 cm³/mol. The SMILES string of the molecule is CC(C)(C)c1ccc(O)c(CSCc2ccccc2)c1. The van der Waals surface area contributed by atoms with Crippen LogP contribution in [-0.4, -0.2) is 5.11 Å². The molecule has 2 aromatic carbocycles. The van der Waals surface area contributed by atoms with Crippen molar-refractivity contribution >= 4 is 11.8 Å². The molecule has 0 radical (unpaired) electrons. The van der Waals surface area contributed by atoms with Crippen molar-refractivity contribution in [2.75, 3.05) is 0 Å². The van der Waals surface area contributed by atoms with E-state index in [1.807, 2.05) is 30.0 Å². The summed E-state index contributed by atoms with van der Waals surface area (Å²) >= 11 is 1.83. The van der Waals surface area contributed by atoms with E-state index in [4.69, 9.17) is 0 Å². The van der Waals surface area contributed by atoms with Gasteiger partial charge in [0, 0.05) is 17.1 Å². The second-order valence-corrected chi connectivity index (χ2v) is 7.06. The fraction of sp³-hybridized carbons (Fsp3) is 0.333. The first-order valence-electron chi connectivity index (χ1n) is 6.91. The number of hydrogen-bond donors (Lipinski definition) is 1. The highest BCUT2D eigenvalue weighted by Crippen LogP contribution is 2.30. The molecule has 0 atom stereocenters. The molecule has 0 aliphatic carbocycles. The predicted octanol–water partition coefficient (Wildman–Crippen LogP) is 5.12. The fourth-order valence-corrected chi connectivity index (χ4v) is 3.00. The average Bonchev–Trinajstić information content (AvgIpc) is 2.41. The lowest BCUT2D eigenvalue weighted by Gasteiger charge is -2.20. The summed E-state index contributed by atoms with van der Waals surface area (Å²) < 4.78 is 0. The monoisotopic (exact) mass is 286 g/mol. The summed E-state index contributed by atoms with van der Waals surface area (Å²) in [6.07, 6.45) is 0. The molecule has 0 bridgehead atoms. The standard InChI is InChI=1S/C18H22OS/c1-18(2,3)16-9-10-17(19)15(11-16)13-20-12-14-7-5-4-6-8-14/h4-11,19H,12-13H2,1-3H3. The van der Waals surface area contributed by atoms with E-state index in [0.717, 1.165) is 17.1 Å². The molecule has 0 saturated carbocycles. The maximum Gasteiger partial charge on any atom is 0.119 e. The van der Waals surface area contributed by atoms with Crippen LogP contribution in [0.3, 0.4) is 0 Å². The van der Waals surface area contributed by atoms with Gasteiger partial charge in [0.2, 0.25) is 0 Å². The van der Waals surface area contributed by atoms with E-state index < -0.39 is 0 Å². The second kappa shape index (κ2) is 6.36. The molecule has 0 amide bonds. The fourth-order valence-electron chi connectivity index (χ4n) is 2.02. The van der Waals surface area contributed by atoms with Crippen LogP contribution < -0.4 is 0 Å². The molecule has 0 heterocycles. The third-order valence-corrected chi connectivity index (χ3v) is 4.37. The zero-order valence-corrected chi connectivity index (χ0v) is 13.2. The molecule has 0 fully saturated rings. The molecule has 0 aliphatic rings. The van der Waals surface area contributed by atoms with Crippen LogP contribution in [0.25, 0.3) is 0 Å². The smallest absolute Gasteiger partial charge is 0.119 e. The molecule has 0 aromatic heterocycles. The normalized spacial score (nSPS) is 11.6. The van der Waals surface area contributed by atoms with Gasteiger partial charge >= 0.3 is 0 Å². The zero-order valence-electron chi connectivity index (χ0n) is 12.4. The van der Waals surface area contributed by atoms with Crippen LogP contribution in [0, 0.1) is 0 Å². The van der Waals surface area contributed by atoms with Gasteiger partial charge in [-0.3, -0.25) is 0 Å². The van der Waals surface area contributed by atoms with Crippen LogP contribution in [0.1, 0.15) is 37.5 Å². The number of benzene rings is 2.